The second kappa shape index (κ2) is 5.05. The maximum absolute atomic E-state index is 13.4. The van der Waals surface area contributed by atoms with E-state index in [2.05, 4.69) is 0 Å². The zero-order chi connectivity index (χ0) is 14.2. The fourth-order valence-corrected chi connectivity index (χ4v) is 2.21. The van der Waals surface area contributed by atoms with Crippen LogP contribution >= 0.6 is 12.2 Å². The van der Waals surface area contributed by atoms with E-state index in [0.29, 0.717) is 5.56 Å². The van der Waals surface area contributed by atoms with Gasteiger partial charge >= 0.3 is 0 Å². The zero-order valence-corrected chi connectivity index (χ0v) is 11.2. The molecule has 1 unspecified atom stereocenters. The zero-order valence-electron chi connectivity index (χ0n) is 10.4. The molecule has 1 atom stereocenters. The lowest BCUT2D eigenvalue weighted by atomic mass is 10.1. The second-order valence-corrected chi connectivity index (χ2v) is 5.04. The summed E-state index contributed by atoms with van der Waals surface area (Å²) in [5.74, 6) is -1.21. The number of nitrogens with zero attached hydrogens (tertiary/aromatic N) is 1. The number of carbonyl (C=O) groups excluding carboxylic acids is 2. The van der Waals surface area contributed by atoms with E-state index in [1.165, 1.54) is 23.1 Å². The van der Waals surface area contributed by atoms with Crippen molar-refractivity contribution < 1.29 is 14.0 Å². The van der Waals surface area contributed by atoms with Crippen LogP contribution in [0.1, 0.15) is 24.5 Å². The predicted molar refractivity (Wildman–Crippen MR) is 71.6 cm³/mol. The first-order chi connectivity index (χ1) is 8.90. The van der Waals surface area contributed by atoms with E-state index >= 15 is 0 Å². The Morgan fingerprint density at radius 1 is 1.53 bits per heavy atom. The summed E-state index contributed by atoms with van der Waals surface area (Å²) >= 11 is 4.75. The topological polar surface area (TPSA) is 63.4 Å². The number of amides is 2. The molecule has 1 aliphatic heterocycles. The summed E-state index contributed by atoms with van der Waals surface area (Å²) in [4.78, 5) is 24.6. The van der Waals surface area contributed by atoms with Gasteiger partial charge in [0, 0.05) is 17.9 Å². The highest BCUT2D eigenvalue weighted by molar-refractivity contribution is 7.80. The number of benzene rings is 1. The summed E-state index contributed by atoms with van der Waals surface area (Å²) in [6.07, 6.45) is 0.224. The van der Waals surface area contributed by atoms with Crippen molar-refractivity contribution in [2.24, 2.45) is 11.7 Å². The lowest BCUT2D eigenvalue weighted by molar-refractivity contribution is -0.139. The van der Waals surface area contributed by atoms with Crippen LogP contribution in [0.15, 0.2) is 18.2 Å². The molecule has 2 rings (SSSR count). The molecule has 1 heterocycles. The van der Waals surface area contributed by atoms with Crippen LogP contribution in [0.5, 0.6) is 0 Å². The normalized spacial score (nSPS) is 19.1. The van der Waals surface area contributed by atoms with Gasteiger partial charge in [0.25, 0.3) is 0 Å². The van der Waals surface area contributed by atoms with E-state index < -0.39 is 5.82 Å². The summed E-state index contributed by atoms with van der Waals surface area (Å²) in [6.45, 7) is 1.84. The molecule has 1 aliphatic rings. The lowest BCUT2D eigenvalue weighted by Crippen LogP contribution is -2.29. The Bertz CT molecular complexity index is 574. The lowest BCUT2D eigenvalue weighted by Gasteiger charge is -2.15. The van der Waals surface area contributed by atoms with E-state index in [-0.39, 0.29) is 41.2 Å². The number of likely N-dealkylation sites (tertiary alicyclic amines) is 1. The van der Waals surface area contributed by atoms with Gasteiger partial charge in [-0.2, -0.15) is 0 Å². The Morgan fingerprint density at radius 3 is 2.74 bits per heavy atom. The molecule has 4 nitrogen and oxygen atoms in total. The molecule has 1 aromatic carbocycles. The van der Waals surface area contributed by atoms with Crippen molar-refractivity contribution in [3.63, 3.8) is 0 Å². The Hall–Kier alpha value is -1.82. The van der Waals surface area contributed by atoms with E-state index in [4.69, 9.17) is 18.0 Å². The predicted octanol–water partition coefficient (Wildman–Crippen LogP) is 1.35. The molecule has 1 aromatic rings. The van der Waals surface area contributed by atoms with Crippen molar-refractivity contribution in [3.8, 4) is 0 Å². The van der Waals surface area contributed by atoms with Crippen molar-refractivity contribution in [2.75, 3.05) is 0 Å². The number of nitrogens with two attached hydrogens (primary N) is 1. The third-order valence-electron chi connectivity index (χ3n) is 3.11. The molecule has 0 aromatic heterocycles. The van der Waals surface area contributed by atoms with Crippen LogP contribution in [-0.4, -0.2) is 21.7 Å². The van der Waals surface area contributed by atoms with Gasteiger partial charge in [0.2, 0.25) is 11.8 Å². The molecule has 19 heavy (non-hydrogen) atoms. The van der Waals surface area contributed by atoms with Crippen LogP contribution in [0.25, 0.3) is 0 Å². The molecule has 0 aliphatic carbocycles. The van der Waals surface area contributed by atoms with Crippen molar-refractivity contribution >= 4 is 29.0 Å². The summed E-state index contributed by atoms with van der Waals surface area (Å²) in [5.41, 5.74) is 6.16. The number of hydrogen-bond acceptors (Lipinski definition) is 3. The van der Waals surface area contributed by atoms with Crippen LogP contribution in [0.3, 0.4) is 0 Å². The number of rotatable bonds is 3. The van der Waals surface area contributed by atoms with Gasteiger partial charge in [0.05, 0.1) is 6.54 Å². The van der Waals surface area contributed by atoms with Crippen LogP contribution in [-0.2, 0) is 16.1 Å². The van der Waals surface area contributed by atoms with Crippen LogP contribution in [0.4, 0.5) is 4.39 Å². The Labute approximate surface area is 115 Å². The Kier molecular flexibility index (Phi) is 3.61. The fraction of sp³-hybridized carbons (Fsp3) is 0.308. The van der Waals surface area contributed by atoms with Crippen molar-refractivity contribution in [2.45, 2.75) is 19.9 Å². The average Bonchev–Trinajstić information content (AvgIpc) is 2.58. The second-order valence-electron chi connectivity index (χ2n) is 4.60. The Morgan fingerprint density at radius 2 is 2.21 bits per heavy atom. The van der Waals surface area contributed by atoms with Gasteiger partial charge in [-0.3, -0.25) is 14.5 Å². The summed E-state index contributed by atoms with van der Waals surface area (Å²) < 4.78 is 13.4. The summed E-state index contributed by atoms with van der Waals surface area (Å²) in [5, 5.41) is 0. The average molecular weight is 280 g/mol. The van der Waals surface area contributed by atoms with Crippen molar-refractivity contribution in [1.82, 2.24) is 4.90 Å². The van der Waals surface area contributed by atoms with E-state index in [1.54, 1.807) is 6.92 Å². The molecular formula is C13H13FN2O2S. The minimum absolute atomic E-state index is 0.0493. The number of imide groups is 1. The third kappa shape index (κ3) is 2.63. The van der Waals surface area contributed by atoms with Gasteiger partial charge in [0.15, 0.2) is 0 Å². The van der Waals surface area contributed by atoms with Gasteiger partial charge in [-0.15, -0.1) is 0 Å². The molecule has 0 spiro atoms. The van der Waals surface area contributed by atoms with Gasteiger partial charge in [-0.25, -0.2) is 4.39 Å². The highest BCUT2D eigenvalue weighted by Crippen LogP contribution is 2.22. The maximum Gasteiger partial charge on any atom is 0.232 e. The number of thiocarbonyl (C=S) groups is 1. The van der Waals surface area contributed by atoms with Crippen LogP contribution < -0.4 is 5.73 Å². The SMILES string of the molecule is CC1CC(=O)N(Cc2ccc(F)c(C(N)=S)c2)C1=O. The van der Waals surface area contributed by atoms with E-state index in [1.807, 2.05) is 0 Å². The molecule has 0 radical (unpaired) electrons. The quantitative estimate of drug-likeness (QED) is 0.670. The number of halogens is 1. The monoisotopic (exact) mass is 280 g/mol. The fourth-order valence-electron chi connectivity index (χ4n) is 2.06. The maximum atomic E-state index is 13.4. The van der Waals surface area contributed by atoms with Crippen molar-refractivity contribution in [3.05, 3.63) is 35.1 Å². The highest BCUT2D eigenvalue weighted by Gasteiger charge is 2.35. The molecule has 2 N–H and O–H groups in total. The van der Waals surface area contributed by atoms with Crippen molar-refractivity contribution in [1.29, 1.82) is 0 Å². The molecular weight excluding hydrogens is 267 g/mol. The number of carbonyl (C=O) groups is 2. The summed E-state index contributed by atoms with van der Waals surface area (Å²) in [7, 11) is 0. The van der Waals surface area contributed by atoms with E-state index in [9.17, 15) is 14.0 Å². The third-order valence-corrected chi connectivity index (χ3v) is 3.33. The molecule has 1 fully saturated rings. The van der Waals surface area contributed by atoms with Gasteiger partial charge in [0.1, 0.15) is 10.8 Å². The Balaban J connectivity index is 2.25. The minimum Gasteiger partial charge on any atom is -0.389 e. The van der Waals surface area contributed by atoms with Gasteiger partial charge < -0.3 is 5.73 Å². The molecule has 0 saturated carbocycles. The first-order valence-corrected chi connectivity index (χ1v) is 6.23. The van der Waals surface area contributed by atoms with Gasteiger partial charge in [-0.1, -0.05) is 25.2 Å². The molecule has 2 amide bonds. The first kappa shape index (κ1) is 13.6. The largest absolute Gasteiger partial charge is 0.389 e. The van der Waals surface area contributed by atoms with Crippen LogP contribution in [0.2, 0.25) is 0 Å². The number of hydrogen-bond donors (Lipinski definition) is 1. The first-order valence-electron chi connectivity index (χ1n) is 5.82. The highest BCUT2D eigenvalue weighted by atomic mass is 32.1. The van der Waals surface area contributed by atoms with E-state index in [0.717, 1.165) is 0 Å². The van der Waals surface area contributed by atoms with Crippen LogP contribution in [0, 0.1) is 11.7 Å². The van der Waals surface area contributed by atoms with Gasteiger partial charge in [-0.05, 0) is 17.7 Å². The standard InChI is InChI=1S/C13H13FN2O2S/c1-7-4-11(17)16(13(7)18)6-8-2-3-10(14)9(5-8)12(15)19/h2-3,5,7H,4,6H2,1H3,(H2,15,19). The summed E-state index contributed by atoms with van der Waals surface area (Å²) in [6, 6.07) is 4.22. The molecule has 0 bridgehead atoms. The minimum atomic E-state index is -0.510. The smallest absolute Gasteiger partial charge is 0.232 e. The molecule has 6 heteroatoms. The molecule has 100 valence electrons. The molecule has 1 saturated heterocycles.